The third-order valence-corrected chi connectivity index (χ3v) is 8.69. The molecule has 7 aromatic rings. The van der Waals surface area contributed by atoms with Gasteiger partial charge in [-0.05, 0) is 64.2 Å². The number of hydrogen-bond donors (Lipinski definition) is 2. The van der Waals surface area contributed by atoms with Gasteiger partial charge in [-0.25, -0.2) is 5.84 Å². The maximum atomic E-state index is 13.8. The van der Waals surface area contributed by atoms with Gasteiger partial charge in [0.05, 0.1) is 13.7 Å². The third kappa shape index (κ3) is 6.21. The van der Waals surface area contributed by atoms with Crippen molar-refractivity contribution < 1.29 is 9.53 Å². The number of H-pyrrole nitrogens is 1. The second kappa shape index (κ2) is 13.3. The number of hydrazine groups is 1. The van der Waals surface area contributed by atoms with Crippen LogP contribution in [0.1, 0.15) is 44.9 Å². The molecule has 4 aromatic carbocycles. The van der Waals surface area contributed by atoms with Crippen LogP contribution in [-0.2, 0) is 25.8 Å². The van der Waals surface area contributed by atoms with Gasteiger partial charge in [0.15, 0.2) is 5.82 Å². The summed E-state index contributed by atoms with van der Waals surface area (Å²) in [5.41, 5.74) is 4.67. The lowest BCUT2D eigenvalue weighted by atomic mass is 9.97. The Hall–Kier alpha value is -5.80. The number of nitrogens with one attached hydrogen (secondary N) is 1. The number of pyridine rings is 1. The van der Waals surface area contributed by atoms with Crippen LogP contribution in [0.3, 0.4) is 0 Å². The largest absolute Gasteiger partial charge is 0.497 e. The summed E-state index contributed by atoms with van der Waals surface area (Å²) < 4.78 is 7.51. The normalized spacial score (nSPS) is 12.0. The number of aromatic nitrogens is 5. The van der Waals surface area contributed by atoms with Gasteiger partial charge in [0, 0.05) is 36.1 Å². The van der Waals surface area contributed by atoms with E-state index in [4.69, 9.17) is 20.8 Å². The highest BCUT2D eigenvalue weighted by molar-refractivity contribution is 5.92. The number of carbonyl (C=O) groups excluding carboxylic acids is 1. The van der Waals surface area contributed by atoms with Gasteiger partial charge in [-0.15, -0.1) is 10.2 Å². The monoisotopic (exact) mass is 621 g/mol. The van der Waals surface area contributed by atoms with Crippen molar-refractivity contribution >= 4 is 27.6 Å². The zero-order chi connectivity index (χ0) is 32.2. The van der Waals surface area contributed by atoms with Gasteiger partial charge in [0.1, 0.15) is 23.3 Å². The van der Waals surface area contributed by atoms with E-state index in [0.29, 0.717) is 25.2 Å². The number of rotatable bonds is 11. The molecule has 0 aliphatic carbocycles. The van der Waals surface area contributed by atoms with Gasteiger partial charge in [-0.3, -0.25) is 14.8 Å². The summed E-state index contributed by atoms with van der Waals surface area (Å²) in [6.45, 7) is 0.493. The molecule has 0 bridgehead atoms. The van der Waals surface area contributed by atoms with E-state index in [2.05, 4.69) is 63.2 Å². The van der Waals surface area contributed by atoms with Gasteiger partial charge < -0.3 is 14.3 Å². The summed E-state index contributed by atoms with van der Waals surface area (Å²) in [4.78, 5) is 21.5. The van der Waals surface area contributed by atoms with Crippen molar-refractivity contribution in [3.05, 3.63) is 156 Å². The molecule has 3 N–H and O–H groups in total. The van der Waals surface area contributed by atoms with E-state index in [1.807, 2.05) is 48.5 Å². The number of methoxy groups -OCH3 is 1. The number of fused-ring (bicyclic) bond motifs is 2. The number of carbonyl (C=O) groups is 1. The van der Waals surface area contributed by atoms with Crippen LogP contribution in [0, 0.1) is 0 Å². The van der Waals surface area contributed by atoms with Crippen LogP contribution < -0.4 is 10.6 Å². The summed E-state index contributed by atoms with van der Waals surface area (Å²) in [5.74, 6) is 8.58. The number of nitrogens with two attached hydrogens (primary N) is 1. The Morgan fingerprint density at radius 2 is 1.62 bits per heavy atom. The van der Waals surface area contributed by atoms with E-state index in [9.17, 15) is 4.79 Å². The van der Waals surface area contributed by atoms with E-state index in [0.717, 1.165) is 45.4 Å². The van der Waals surface area contributed by atoms with Crippen molar-refractivity contribution in [1.82, 2.24) is 29.7 Å². The topological polar surface area (TPSA) is 115 Å². The molecule has 0 spiro atoms. The first-order valence-corrected chi connectivity index (χ1v) is 15.6. The lowest BCUT2D eigenvalue weighted by Gasteiger charge is -2.28. The summed E-state index contributed by atoms with van der Waals surface area (Å²) in [5, 5.41) is 14.2. The number of amides is 1. The van der Waals surface area contributed by atoms with Crippen molar-refractivity contribution in [2.24, 2.45) is 5.84 Å². The summed E-state index contributed by atoms with van der Waals surface area (Å²) >= 11 is 0. The molecule has 3 aromatic heterocycles. The van der Waals surface area contributed by atoms with Gasteiger partial charge in [-0.1, -0.05) is 78.9 Å². The first-order chi connectivity index (χ1) is 23.1. The predicted octanol–water partition coefficient (Wildman–Crippen LogP) is 6.45. The van der Waals surface area contributed by atoms with Crippen LogP contribution in [0.4, 0.5) is 0 Å². The molecule has 9 heteroatoms. The van der Waals surface area contributed by atoms with E-state index >= 15 is 0 Å². The van der Waals surface area contributed by atoms with E-state index in [1.165, 1.54) is 16.0 Å². The van der Waals surface area contributed by atoms with Gasteiger partial charge in [-0.2, -0.15) is 0 Å². The third-order valence-electron chi connectivity index (χ3n) is 8.69. The number of nitrogens with zero attached hydrogens (tertiary/aromatic N) is 5. The van der Waals surface area contributed by atoms with Gasteiger partial charge in [0.25, 0.3) is 5.91 Å². The van der Waals surface area contributed by atoms with Crippen molar-refractivity contribution in [3.8, 4) is 5.75 Å². The highest BCUT2D eigenvalue weighted by Gasteiger charge is 2.31. The lowest BCUT2D eigenvalue weighted by Crippen LogP contribution is -2.43. The zero-order valence-electron chi connectivity index (χ0n) is 26.1. The Balaban J connectivity index is 1.31. The molecule has 0 saturated carbocycles. The molecule has 0 saturated heterocycles. The molecule has 0 radical (unpaired) electrons. The van der Waals surface area contributed by atoms with Crippen molar-refractivity contribution in [3.63, 3.8) is 0 Å². The fourth-order valence-corrected chi connectivity index (χ4v) is 6.21. The van der Waals surface area contributed by atoms with E-state index < -0.39 is 11.9 Å². The first-order valence-electron chi connectivity index (χ1n) is 15.6. The minimum Gasteiger partial charge on any atom is -0.497 e. The molecule has 0 fully saturated rings. The second-order valence-electron chi connectivity index (χ2n) is 11.6. The molecular formula is C38H35N7O2. The van der Waals surface area contributed by atoms with Crippen molar-refractivity contribution in [2.45, 2.75) is 31.8 Å². The average molecular weight is 622 g/mol. The number of para-hydroxylation sites is 1. The highest BCUT2D eigenvalue weighted by atomic mass is 16.5. The van der Waals surface area contributed by atoms with Crippen LogP contribution >= 0.6 is 0 Å². The maximum absolute atomic E-state index is 13.8. The fourth-order valence-electron chi connectivity index (χ4n) is 6.21. The Bertz CT molecular complexity index is 2130. The van der Waals surface area contributed by atoms with Crippen LogP contribution in [-0.4, -0.2) is 42.8 Å². The number of aryl methyl sites for hydroxylation is 2. The van der Waals surface area contributed by atoms with Gasteiger partial charge >= 0.3 is 0 Å². The fraction of sp³-hybridized carbons (Fsp3) is 0.158. The minimum atomic E-state index is -0.636. The summed E-state index contributed by atoms with van der Waals surface area (Å²) in [6.07, 6.45) is 5.49. The summed E-state index contributed by atoms with van der Waals surface area (Å²) in [6, 6.07) is 35.3. The maximum Gasteiger partial charge on any atom is 0.287 e. The SMILES string of the molecule is COc1ccc(Cn2c(CCc3c[nH]c4ccccc34)nnc2[C@@H](Cc2cccc3ccccc23)N(N)C(=O)c2ccccn2)cc1. The van der Waals surface area contributed by atoms with Gasteiger partial charge in [0.2, 0.25) is 0 Å². The molecule has 9 nitrogen and oxygen atoms in total. The van der Waals surface area contributed by atoms with Crippen molar-refractivity contribution in [2.75, 3.05) is 7.11 Å². The Kier molecular flexibility index (Phi) is 8.44. The molecule has 0 unspecified atom stereocenters. The molecule has 7 rings (SSSR count). The first kappa shape index (κ1) is 29.9. The van der Waals surface area contributed by atoms with Crippen LogP contribution in [0.15, 0.2) is 122 Å². The van der Waals surface area contributed by atoms with E-state index in [-0.39, 0.29) is 5.69 Å². The zero-order valence-corrected chi connectivity index (χ0v) is 26.1. The Morgan fingerprint density at radius 1 is 0.851 bits per heavy atom. The molecule has 47 heavy (non-hydrogen) atoms. The number of hydrogen-bond acceptors (Lipinski definition) is 6. The predicted molar refractivity (Wildman–Crippen MR) is 183 cm³/mol. The quantitative estimate of drug-likeness (QED) is 0.0975. The standard InChI is InChI=1S/C38H35N7O2/c1-47-30-19-16-26(17-20-30)25-44-36(21-18-29-24-41-33-14-5-4-13-32(29)33)42-43-37(44)35(45(39)38(46)34-15-6-7-22-40-34)23-28-11-8-10-27-9-2-3-12-31(27)28/h2-17,19-20,22,24,35,41H,18,21,23,25,39H2,1H3/t35-/m1/s1. The molecule has 0 aliphatic rings. The average Bonchev–Trinajstić information content (AvgIpc) is 3.73. The lowest BCUT2D eigenvalue weighted by molar-refractivity contribution is 0.0656. The van der Waals surface area contributed by atoms with E-state index in [1.54, 1.807) is 31.5 Å². The molecular weight excluding hydrogens is 586 g/mol. The van der Waals surface area contributed by atoms with Crippen LogP contribution in [0.25, 0.3) is 21.7 Å². The number of ether oxygens (including phenoxy) is 1. The molecule has 1 amide bonds. The number of aromatic amines is 1. The number of benzene rings is 4. The Labute approximate surface area is 272 Å². The molecule has 3 heterocycles. The van der Waals surface area contributed by atoms with Crippen LogP contribution in [0.2, 0.25) is 0 Å². The van der Waals surface area contributed by atoms with Crippen LogP contribution in [0.5, 0.6) is 5.75 Å². The molecule has 1 atom stereocenters. The second-order valence-corrected chi connectivity index (χ2v) is 11.6. The molecule has 234 valence electrons. The Morgan fingerprint density at radius 3 is 2.43 bits per heavy atom. The highest BCUT2D eigenvalue weighted by Crippen LogP contribution is 2.29. The summed E-state index contributed by atoms with van der Waals surface area (Å²) in [7, 11) is 1.65. The van der Waals surface area contributed by atoms with Crippen molar-refractivity contribution in [1.29, 1.82) is 0 Å². The smallest absolute Gasteiger partial charge is 0.287 e. The minimum absolute atomic E-state index is 0.263. The molecule has 0 aliphatic heterocycles.